The van der Waals surface area contributed by atoms with Gasteiger partial charge in [0, 0.05) is 16.5 Å². The van der Waals surface area contributed by atoms with Crippen LogP contribution in [0.15, 0.2) is 53.9 Å². The molecule has 2 aliphatic heterocycles. The average molecular weight is 404 g/mol. The zero-order valence-corrected chi connectivity index (χ0v) is 16.3. The number of rotatable bonds is 3. The van der Waals surface area contributed by atoms with E-state index >= 15 is 0 Å². The van der Waals surface area contributed by atoms with Crippen molar-refractivity contribution in [1.82, 2.24) is 9.88 Å². The molecule has 2 aliphatic rings. The highest BCUT2D eigenvalue weighted by molar-refractivity contribution is 7.13. The number of nitrogens with zero attached hydrogens (tertiary/aromatic N) is 3. The van der Waals surface area contributed by atoms with Crippen LogP contribution < -0.4 is 10.2 Å². The zero-order valence-electron chi connectivity index (χ0n) is 15.5. The molecule has 0 fully saturated rings. The maximum absolute atomic E-state index is 13.3. The summed E-state index contributed by atoms with van der Waals surface area (Å²) in [4.78, 5) is 46.3. The van der Waals surface area contributed by atoms with Gasteiger partial charge in [-0.3, -0.25) is 19.3 Å². The number of carbonyl (C=O) groups excluding carboxylic acids is 3. The van der Waals surface area contributed by atoms with Gasteiger partial charge < -0.3 is 10.2 Å². The molecule has 0 saturated heterocycles. The molecule has 2 aromatic carbocycles. The van der Waals surface area contributed by atoms with Crippen molar-refractivity contribution in [2.45, 2.75) is 13.1 Å². The molecule has 1 aromatic heterocycles. The summed E-state index contributed by atoms with van der Waals surface area (Å²) < 4.78 is 0. The Hall–Kier alpha value is -3.52. The van der Waals surface area contributed by atoms with Crippen LogP contribution in [0.1, 0.15) is 38.1 Å². The number of amides is 3. The highest BCUT2D eigenvalue weighted by Crippen LogP contribution is 2.44. The van der Waals surface area contributed by atoms with Crippen molar-refractivity contribution in [1.29, 1.82) is 0 Å². The number of carbonyl (C=O) groups is 3. The molecule has 3 aromatic rings. The number of hydrogen-bond acceptors (Lipinski definition) is 5. The average Bonchev–Trinajstić information content (AvgIpc) is 3.26. The second-order valence-corrected chi connectivity index (χ2v) is 7.79. The molecular formula is C21H16N4O3S. The van der Waals surface area contributed by atoms with Crippen molar-refractivity contribution >= 4 is 39.9 Å². The van der Waals surface area contributed by atoms with Gasteiger partial charge in [0.1, 0.15) is 12.7 Å². The minimum atomic E-state index is -0.648. The maximum Gasteiger partial charge on any atom is 0.260 e. The van der Waals surface area contributed by atoms with Crippen LogP contribution in [0.2, 0.25) is 0 Å². The monoisotopic (exact) mass is 404 g/mol. The zero-order chi connectivity index (χ0) is 20.1. The molecule has 0 aliphatic carbocycles. The number of nitrogens with one attached hydrogen (secondary N) is 1. The van der Waals surface area contributed by atoms with E-state index in [4.69, 9.17) is 0 Å². The molecule has 0 spiro atoms. The molecule has 3 heterocycles. The van der Waals surface area contributed by atoms with Crippen molar-refractivity contribution in [2.24, 2.45) is 0 Å². The molecular weight excluding hydrogens is 388 g/mol. The Morgan fingerprint density at radius 2 is 1.79 bits per heavy atom. The Labute approximate surface area is 170 Å². The number of hydrogen-bond donors (Lipinski definition) is 1. The van der Waals surface area contributed by atoms with E-state index < -0.39 is 6.17 Å². The molecule has 144 valence electrons. The summed E-state index contributed by atoms with van der Waals surface area (Å²) >= 11 is 1.33. The summed E-state index contributed by atoms with van der Waals surface area (Å²) in [5.74, 6) is -0.813. The van der Waals surface area contributed by atoms with Crippen LogP contribution in [-0.4, -0.2) is 34.2 Å². The predicted molar refractivity (Wildman–Crippen MR) is 109 cm³/mol. The van der Waals surface area contributed by atoms with E-state index in [2.05, 4.69) is 10.3 Å². The summed E-state index contributed by atoms with van der Waals surface area (Å²) in [6.07, 6.45) is -0.648. The normalized spacial score (nSPS) is 17.1. The van der Waals surface area contributed by atoms with Crippen molar-refractivity contribution in [3.63, 3.8) is 0 Å². The number of aromatic nitrogens is 1. The van der Waals surface area contributed by atoms with Gasteiger partial charge in [0.25, 0.3) is 11.8 Å². The van der Waals surface area contributed by atoms with Crippen LogP contribution in [0.25, 0.3) is 0 Å². The Balaban J connectivity index is 1.55. The van der Waals surface area contributed by atoms with Gasteiger partial charge in [0.15, 0.2) is 5.13 Å². The molecule has 0 radical (unpaired) electrons. The number of anilines is 2. The Kier molecular flexibility index (Phi) is 3.95. The van der Waals surface area contributed by atoms with Crippen LogP contribution in [0.5, 0.6) is 0 Å². The van der Waals surface area contributed by atoms with Gasteiger partial charge in [-0.25, -0.2) is 4.98 Å². The second kappa shape index (κ2) is 6.52. The first-order valence-electron chi connectivity index (χ1n) is 9.09. The van der Waals surface area contributed by atoms with Gasteiger partial charge in [-0.15, -0.1) is 11.3 Å². The van der Waals surface area contributed by atoms with Gasteiger partial charge in [0.2, 0.25) is 5.91 Å². The lowest BCUT2D eigenvalue weighted by Gasteiger charge is -2.40. The Morgan fingerprint density at radius 3 is 2.55 bits per heavy atom. The summed E-state index contributed by atoms with van der Waals surface area (Å²) in [5.41, 5.74) is 3.05. The molecule has 0 bridgehead atoms. The summed E-state index contributed by atoms with van der Waals surface area (Å²) in [6.45, 7) is 1.66. The fraction of sp³-hybridized carbons (Fsp3) is 0.143. The van der Waals surface area contributed by atoms with Crippen LogP contribution in [0.3, 0.4) is 0 Å². The first kappa shape index (κ1) is 17.6. The van der Waals surface area contributed by atoms with Gasteiger partial charge in [-0.1, -0.05) is 30.3 Å². The van der Waals surface area contributed by atoms with Crippen LogP contribution in [-0.2, 0) is 4.79 Å². The van der Waals surface area contributed by atoms with Crippen molar-refractivity contribution in [3.05, 3.63) is 76.3 Å². The van der Waals surface area contributed by atoms with Gasteiger partial charge >= 0.3 is 0 Å². The number of fused-ring (bicyclic) bond motifs is 5. The SMILES string of the molecule is Cc1csc(NC(=O)CN2C(=O)c3ccccc3N3C(=O)c4ccccc4[C@H]23)n1. The predicted octanol–water partition coefficient (Wildman–Crippen LogP) is 3.21. The molecule has 1 atom stereocenters. The van der Waals surface area contributed by atoms with E-state index in [0.717, 1.165) is 11.3 Å². The Bertz CT molecular complexity index is 1170. The molecule has 0 saturated carbocycles. The second-order valence-electron chi connectivity index (χ2n) is 6.93. The number of aryl methyl sites for hydroxylation is 1. The van der Waals surface area contributed by atoms with Crippen molar-refractivity contribution < 1.29 is 14.4 Å². The van der Waals surface area contributed by atoms with E-state index in [1.165, 1.54) is 16.2 Å². The van der Waals surface area contributed by atoms with E-state index in [-0.39, 0.29) is 24.3 Å². The quantitative estimate of drug-likeness (QED) is 0.727. The third-order valence-corrected chi connectivity index (χ3v) is 5.94. The highest BCUT2D eigenvalue weighted by atomic mass is 32.1. The maximum atomic E-state index is 13.3. The standard InChI is InChI=1S/C21H16N4O3S/c1-12-11-29-21(22-12)23-17(26)10-24-18-13-6-2-3-7-14(13)20(28)25(18)16-9-5-4-8-15(16)19(24)27/h2-9,11,18H,10H2,1H3,(H,22,23,26)/t18-/m1/s1. The lowest BCUT2D eigenvalue weighted by atomic mass is 10.0. The molecule has 29 heavy (non-hydrogen) atoms. The Morgan fingerprint density at radius 1 is 1.07 bits per heavy atom. The summed E-state index contributed by atoms with van der Waals surface area (Å²) in [6, 6.07) is 14.2. The van der Waals surface area contributed by atoms with E-state index in [1.54, 1.807) is 41.3 Å². The minimum absolute atomic E-state index is 0.175. The van der Waals surface area contributed by atoms with E-state index in [1.807, 2.05) is 24.4 Å². The summed E-state index contributed by atoms with van der Waals surface area (Å²) in [7, 11) is 0. The first-order chi connectivity index (χ1) is 14.0. The molecule has 0 unspecified atom stereocenters. The van der Waals surface area contributed by atoms with Crippen LogP contribution >= 0.6 is 11.3 Å². The summed E-state index contributed by atoms with van der Waals surface area (Å²) in [5, 5.41) is 5.06. The number of thiazole rings is 1. The van der Waals surface area contributed by atoms with E-state index in [0.29, 0.717) is 21.9 Å². The molecule has 8 heteroatoms. The lowest BCUT2D eigenvalue weighted by molar-refractivity contribution is -0.117. The molecule has 5 rings (SSSR count). The fourth-order valence-corrected chi connectivity index (χ4v) is 4.56. The van der Waals surface area contributed by atoms with Crippen LogP contribution in [0, 0.1) is 6.92 Å². The highest BCUT2D eigenvalue weighted by Gasteiger charge is 2.48. The topological polar surface area (TPSA) is 82.6 Å². The van der Waals surface area contributed by atoms with E-state index in [9.17, 15) is 14.4 Å². The van der Waals surface area contributed by atoms with Gasteiger partial charge in [-0.05, 0) is 25.1 Å². The number of benzene rings is 2. The minimum Gasteiger partial charge on any atom is -0.304 e. The molecule has 7 nitrogen and oxygen atoms in total. The van der Waals surface area contributed by atoms with Gasteiger partial charge in [-0.2, -0.15) is 0 Å². The van der Waals surface area contributed by atoms with Gasteiger partial charge in [0.05, 0.1) is 16.9 Å². The smallest absolute Gasteiger partial charge is 0.260 e. The number of para-hydroxylation sites is 1. The third kappa shape index (κ3) is 2.72. The van der Waals surface area contributed by atoms with Crippen molar-refractivity contribution in [3.8, 4) is 0 Å². The first-order valence-corrected chi connectivity index (χ1v) is 9.97. The largest absolute Gasteiger partial charge is 0.304 e. The lowest BCUT2D eigenvalue weighted by Crippen LogP contribution is -2.50. The molecule has 3 amide bonds. The third-order valence-electron chi connectivity index (χ3n) is 5.06. The fourth-order valence-electron chi connectivity index (χ4n) is 3.86. The van der Waals surface area contributed by atoms with Crippen molar-refractivity contribution in [2.75, 3.05) is 16.8 Å². The molecule has 1 N–H and O–H groups in total. The van der Waals surface area contributed by atoms with Crippen LogP contribution in [0.4, 0.5) is 10.8 Å².